The Bertz CT molecular complexity index is 270. The lowest BCUT2D eigenvalue weighted by Gasteiger charge is -1.91. The molecule has 0 saturated carbocycles. The molecule has 10 heavy (non-hydrogen) atoms. The van der Waals surface area contributed by atoms with Crippen molar-refractivity contribution in [1.82, 2.24) is 4.98 Å². The molecule has 0 bridgehead atoms. The van der Waals surface area contributed by atoms with Gasteiger partial charge in [0.15, 0.2) is 0 Å². The second-order valence-corrected chi connectivity index (χ2v) is 2.08. The standard InChI is InChI=1S/C9H9N/c1-3-4-9-5-6-10-8(2)7-9/h4-7H,1H2,2H3. The minimum absolute atomic E-state index is 1.02. The molecule has 0 radical (unpaired) electrons. The molecule has 0 aliphatic heterocycles. The van der Waals surface area contributed by atoms with Crippen LogP contribution in [0.1, 0.15) is 11.3 Å². The van der Waals surface area contributed by atoms with Crippen LogP contribution in [0.15, 0.2) is 30.6 Å². The summed E-state index contributed by atoms with van der Waals surface area (Å²) >= 11 is 0. The molecule has 1 nitrogen and oxygen atoms in total. The molecule has 0 spiro atoms. The van der Waals surface area contributed by atoms with Crippen molar-refractivity contribution in [2.45, 2.75) is 6.92 Å². The summed E-state index contributed by atoms with van der Waals surface area (Å²) in [6, 6.07) is 3.91. The van der Waals surface area contributed by atoms with E-state index in [1.165, 1.54) is 0 Å². The van der Waals surface area contributed by atoms with Crippen molar-refractivity contribution in [2.24, 2.45) is 0 Å². The van der Waals surface area contributed by atoms with Crippen molar-refractivity contribution in [3.8, 4) is 0 Å². The summed E-state index contributed by atoms with van der Waals surface area (Å²) in [4.78, 5) is 4.05. The van der Waals surface area contributed by atoms with Gasteiger partial charge < -0.3 is 0 Å². The van der Waals surface area contributed by atoms with Gasteiger partial charge in [0.25, 0.3) is 0 Å². The Morgan fingerprint density at radius 3 is 3.10 bits per heavy atom. The van der Waals surface area contributed by atoms with Gasteiger partial charge in [-0.2, -0.15) is 0 Å². The monoisotopic (exact) mass is 131 g/mol. The molecule has 0 atom stereocenters. The fourth-order valence-corrected chi connectivity index (χ4v) is 0.775. The number of hydrogen-bond acceptors (Lipinski definition) is 1. The average Bonchev–Trinajstić information content (AvgIpc) is 1.88. The first kappa shape index (κ1) is 6.79. The highest BCUT2D eigenvalue weighted by Gasteiger charge is 1.85. The minimum atomic E-state index is 1.02. The zero-order valence-electron chi connectivity index (χ0n) is 5.96. The van der Waals surface area contributed by atoms with Crippen LogP contribution in [0.3, 0.4) is 0 Å². The molecule has 50 valence electrons. The molecule has 0 aromatic carbocycles. The maximum atomic E-state index is 4.05. The highest BCUT2D eigenvalue weighted by atomic mass is 14.6. The smallest absolute Gasteiger partial charge is 0.0378 e. The van der Waals surface area contributed by atoms with E-state index in [9.17, 15) is 0 Å². The molecule has 0 saturated heterocycles. The van der Waals surface area contributed by atoms with Crippen LogP contribution >= 0.6 is 0 Å². The first-order valence-corrected chi connectivity index (χ1v) is 3.11. The lowest BCUT2D eigenvalue weighted by atomic mass is 10.2. The van der Waals surface area contributed by atoms with Gasteiger partial charge in [-0.25, -0.2) is 0 Å². The minimum Gasteiger partial charge on any atom is -0.262 e. The van der Waals surface area contributed by atoms with E-state index in [0.29, 0.717) is 0 Å². The Balaban J connectivity index is 3.06. The van der Waals surface area contributed by atoms with Gasteiger partial charge in [-0.1, -0.05) is 6.58 Å². The van der Waals surface area contributed by atoms with E-state index < -0.39 is 0 Å². The molecule has 1 heteroatoms. The van der Waals surface area contributed by atoms with Gasteiger partial charge >= 0.3 is 0 Å². The van der Waals surface area contributed by atoms with E-state index in [2.05, 4.69) is 17.3 Å². The van der Waals surface area contributed by atoms with Gasteiger partial charge in [-0.15, -0.1) is 5.73 Å². The number of nitrogens with zero attached hydrogens (tertiary/aromatic N) is 1. The molecule has 0 fully saturated rings. The molecular weight excluding hydrogens is 122 g/mol. The third-order valence-electron chi connectivity index (χ3n) is 1.19. The number of aromatic nitrogens is 1. The number of rotatable bonds is 1. The lowest BCUT2D eigenvalue weighted by Crippen LogP contribution is -1.78. The van der Waals surface area contributed by atoms with Gasteiger partial charge in [0, 0.05) is 11.9 Å². The first-order chi connectivity index (χ1) is 4.83. The zero-order chi connectivity index (χ0) is 7.40. The fourth-order valence-electron chi connectivity index (χ4n) is 0.775. The van der Waals surface area contributed by atoms with Crippen LogP contribution in [0.2, 0.25) is 0 Å². The third-order valence-corrected chi connectivity index (χ3v) is 1.19. The van der Waals surface area contributed by atoms with E-state index in [1.54, 1.807) is 6.20 Å². The maximum Gasteiger partial charge on any atom is 0.0378 e. The van der Waals surface area contributed by atoms with Gasteiger partial charge in [-0.3, -0.25) is 4.98 Å². The third kappa shape index (κ3) is 1.57. The van der Waals surface area contributed by atoms with Crippen LogP contribution in [0, 0.1) is 6.92 Å². The normalized spacial score (nSPS) is 8.50. The van der Waals surface area contributed by atoms with E-state index in [4.69, 9.17) is 0 Å². The Hall–Kier alpha value is -1.33. The van der Waals surface area contributed by atoms with Crippen molar-refractivity contribution in [3.05, 3.63) is 41.9 Å². The largest absolute Gasteiger partial charge is 0.262 e. The lowest BCUT2D eigenvalue weighted by molar-refractivity contribution is 1.20. The Morgan fingerprint density at radius 1 is 1.70 bits per heavy atom. The molecule has 0 aliphatic rings. The van der Waals surface area contributed by atoms with Crippen LogP contribution < -0.4 is 0 Å². The highest BCUT2D eigenvalue weighted by Crippen LogP contribution is 2.00. The van der Waals surface area contributed by atoms with E-state index in [0.717, 1.165) is 11.3 Å². The molecule has 0 aliphatic carbocycles. The van der Waals surface area contributed by atoms with Crippen LogP contribution in [0.25, 0.3) is 6.08 Å². The van der Waals surface area contributed by atoms with Crippen LogP contribution in [0.5, 0.6) is 0 Å². The van der Waals surface area contributed by atoms with Gasteiger partial charge in [-0.05, 0) is 30.7 Å². The van der Waals surface area contributed by atoms with E-state index in [1.807, 2.05) is 25.1 Å². The van der Waals surface area contributed by atoms with Crippen molar-refractivity contribution in [3.63, 3.8) is 0 Å². The quantitative estimate of drug-likeness (QED) is 0.532. The molecule has 1 aromatic heterocycles. The number of aryl methyl sites for hydroxylation is 1. The summed E-state index contributed by atoms with van der Waals surface area (Å²) in [7, 11) is 0. The Kier molecular flexibility index (Phi) is 2.03. The van der Waals surface area contributed by atoms with Gasteiger partial charge in [0.2, 0.25) is 0 Å². The average molecular weight is 131 g/mol. The summed E-state index contributed by atoms with van der Waals surface area (Å²) in [6.07, 6.45) is 3.60. The topological polar surface area (TPSA) is 12.9 Å². The summed E-state index contributed by atoms with van der Waals surface area (Å²) in [5, 5.41) is 0. The van der Waals surface area contributed by atoms with Crippen molar-refractivity contribution < 1.29 is 0 Å². The molecule has 0 N–H and O–H groups in total. The van der Waals surface area contributed by atoms with Crippen LogP contribution in [-0.4, -0.2) is 4.98 Å². The Morgan fingerprint density at radius 2 is 2.50 bits per heavy atom. The second kappa shape index (κ2) is 3.00. The summed E-state index contributed by atoms with van der Waals surface area (Å²) < 4.78 is 0. The van der Waals surface area contributed by atoms with Gasteiger partial charge in [0.1, 0.15) is 0 Å². The first-order valence-electron chi connectivity index (χ1n) is 3.11. The predicted molar refractivity (Wildman–Crippen MR) is 42.6 cm³/mol. The van der Waals surface area contributed by atoms with Crippen LogP contribution in [0.4, 0.5) is 0 Å². The van der Waals surface area contributed by atoms with E-state index >= 15 is 0 Å². The van der Waals surface area contributed by atoms with E-state index in [-0.39, 0.29) is 0 Å². The SMILES string of the molecule is C=C=Cc1ccnc(C)c1. The number of pyridine rings is 1. The summed E-state index contributed by atoms with van der Waals surface area (Å²) in [5.74, 6) is 0. The van der Waals surface area contributed by atoms with Crippen LogP contribution in [-0.2, 0) is 0 Å². The highest BCUT2D eigenvalue weighted by molar-refractivity contribution is 5.47. The molecule has 0 unspecified atom stereocenters. The Labute approximate surface area is 60.7 Å². The molecule has 1 rings (SSSR count). The van der Waals surface area contributed by atoms with Crippen molar-refractivity contribution in [2.75, 3.05) is 0 Å². The maximum absolute atomic E-state index is 4.05. The molecule has 1 aromatic rings. The molecule has 0 amide bonds. The zero-order valence-corrected chi connectivity index (χ0v) is 5.96. The van der Waals surface area contributed by atoms with Gasteiger partial charge in [0.05, 0.1) is 0 Å². The summed E-state index contributed by atoms with van der Waals surface area (Å²) in [5.41, 5.74) is 4.83. The fraction of sp³-hybridized carbons (Fsp3) is 0.111. The van der Waals surface area contributed by atoms with Crippen molar-refractivity contribution in [1.29, 1.82) is 0 Å². The summed E-state index contributed by atoms with van der Waals surface area (Å²) in [6.45, 7) is 5.44. The molecular formula is C9H9N. The predicted octanol–water partition coefficient (Wildman–Crippen LogP) is 2.19. The number of hydrogen-bond donors (Lipinski definition) is 0. The molecule has 1 heterocycles. The van der Waals surface area contributed by atoms with Crippen molar-refractivity contribution >= 4 is 6.08 Å². The second-order valence-electron chi connectivity index (χ2n) is 2.08.